The van der Waals surface area contributed by atoms with E-state index in [4.69, 9.17) is 15.2 Å². The molecule has 0 fully saturated rings. The van der Waals surface area contributed by atoms with Gasteiger partial charge in [0.1, 0.15) is 17.3 Å². The molecule has 100 valence electrons. The van der Waals surface area contributed by atoms with Gasteiger partial charge in [-0.3, -0.25) is 0 Å². The molecule has 0 aliphatic heterocycles. The number of aromatic nitrogens is 1. The highest BCUT2D eigenvalue weighted by Gasteiger charge is 2.07. The topological polar surface area (TPSA) is 57.4 Å². The molecule has 0 aliphatic carbocycles. The molecule has 2 N–H and O–H groups in total. The number of rotatable bonds is 5. The van der Waals surface area contributed by atoms with Crippen LogP contribution in [0.1, 0.15) is 12.5 Å². The van der Waals surface area contributed by atoms with Crippen LogP contribution >= 0.6 is 0 Å². The smallest absolute Gasteiger partial charge is 0.223 e. The second-order valence-electron chi connectivity index (χ2n) is 3.83. The van der Waals surface area contributed by atoms with Crippen LogP contribution in [0, 0.1) is 5.82 Å². The van der Waals surface area contributed by atoms with Gasteiger partial charge in [-0.15, -0.1) is 0 Å². The summed E-state index contributed by atoms with van der Waals surface area (Å²) < 4.78 is 24.0. The highest BCUT2D eigenvalue weighted by Crippen LogP contribution is 2.26. The van der Waals surface area contributed by atoms with Gasteiger partial charge in [0.2, 0.25) is 5.88 Å². The minimum Gasteiger partial charge on any atom is -0.494 e. The summed E-state index contributed by atoms with van der Waals surface area (Å²) in [5, 5.41) is 0. The summed E-state index contributed by atoms with van der Waals surface area (Å²) in [5.41, 5.74) is 6.05. The first kappa shape index (κ1) is 13.3. The van der Waals surface area contributed by atoms with E-state index in [1.54, 1.807) is 12.1 Å². The maximum absolute atomic E-state index is 13.0. The van der Waals surface area contributed by atoms with E-state index < -0.39 is 5.82 Å². The normalized spacial score (nSPS) is 10.3. The third-order valence-corrected chi connectivity index (χ3v) is 2.44. The minimum absolute atomic E-state index is 0.158. The first-order valence-corrected chi connectivity index (χ1v) is 5.98. The lowest BCUT2D eigenvalue weighted by Crippen LogP contribution is -2.02. The standard InChI is InChI=1S/C14H15FN2O2/c1-2-18-12-4-3-5-13(7-12)19-14-10(8-16)6-11(15)9-17-14/h3-7,9H,2,8,16H2,1H3. The van der Waals surface area contributed by atoms with Crippen molar-refractivity contribution in [2.45, 2.75) is 13.5 Å². The van der Waals surface area contributed by atoms with Gasteiger partial charge in [-0.25, -0.2) is 9.37 Å². The van der Waals surface area contributed by atoms with E-state index in [-0.39, 0.29) is 6.54 Å². The van der Waals surface area contributed by atoms with Crippen molar-refractivity contribution in [3.63, 3.8) is 0 Å². The van der Waals surface area contributed by atoms with Gasteiger partial charge < -0.3 is 15.2 Å². The van der Waals surface area contributed by atoms with E-state index in [2.05, 4.69) is 4.98 Å². The van der Waals surface area contributed by atoms with E-state index in [0.29, 0.717) is 29.5 Å². The van der Waals surface area contributed by atoms with Crippen molar-refractivity contribution in [3.05, 3.63) is 47.9 Å². The Bertz CT molecular complexity index is 561. The highest BCUT2D eigenvalue weighted by atomic mass is 19.1. The molecule has 0 saturated carbocycles. The van der Waals surface area contributed by atoms with Crippen LogP contribution in [-0.2, 0) is 6.54 Å². The predicted octanol–water partition coefficient (Wildman–Crippen LogP) is 2.87. The number of pyridine rings is 1. The van der Waals surface area contributed by atoms with Gasteiger partial charge in [0, 0.05) is 18.2 Å². The second-order valence-corrected chi connectivity index (χ2v) is 3.83. The number of halogens is 1. The molecule has 2 rings (SSSR count). The largest absolute Gasteiger partial charge is 0.494 e. The molecule has 19 heavy (non-hydrogen) atoms. The van der Waals surface area contributed by atoms with Gasteiger partial charge in [0.05, 0.1) is 12.8 Å². The van der Waals surface area contributed by atoms with Crippen molar-refractivity contribution in [2.24, 2.45) is 5.73 Å². The van der Waals surface area contributed by atoms with E-state index >= 15 is 0 Å². The van der Waals surface area contributed by atoms with Crippen LogP contribution in [0.2, 0.25) is 0 Å². The van der Waals surface area contributed by atoms with Crippen LogP contribution in [0.3, 0.4) is 0 Å². The Morgan fingerprint density at radius 3 is 2.79 bits per heavy atom. The Morgan fingerprint density at radius 1 is 1.26 bits per heavy atom. The number of hydrogen-bond donors (Lipinski definition) is 1. The molecular weight excluding hydrogens is 247 g/mol. The highest BCUT2D eigenvalue weighted by molar-refractivity contribution is 5.37. The molecule has 0 radical (unpaired) electrons. The van der Waals surface area contributed by atoms with Crippen molar-refractivity contribution in [1.29, 1.82) is 0 Å². The molecule has 1 aromatic carbocycles. The number of nitrogens with two attached hydrogens (primary N) is 1. The molecule has 1 heterocycles. The Balaban J connectivity index is 2.23. The Labute approximate surface area is 111 Å². The summed E-state index contributed by atoms with van der Waals surface area (Å²) in [7, 11) is 0. The van der Waals surface area contributed by atoms with Crippen LogP contribution in [0.25, 0.3) is 0 Å². The average Bonchev–Trinajstić information content (AvgIpc) is 2.41. The molecule has 0 amide bonds. The van der Waals surface area contributed by atoms with Crippen LogP contribution in [-0.4, -0.2) is 11.6 Å². The lowest BCUT2D eigenvalue weighted by atomic mass is 10.2. The number of benzene rings is 1. The molecule has 0 spiro atoms. The zero-order chi connectivity index (χ0) is 13.7. The van der Waals surface area contributed by atoms with Crippen LogP contribution < -0.4 is 15.2 Å². The summed E-state index contributed by atoms with van der Waals surface area (Å²) in [4.78, 5) is 3.90. The maximum Gasteiger partial charge on any atom is 0.223 e. The number of nitrogens with zero attached hydrogens (tertiary/aromatic N) is 1. The van der Waals surface area contributed by atoms with Crippen molar-refractivity contribution in [3.8, 4) is 17.4 Å². The van der Waals surface area contributed by atoms with E-state index in [9.17, 15) is 4.39 Å². The summed E-state index contributed by atoms with van der Waals surface area (Å²) in [6, 6.07) is 8.47. The molecule has 0 atom stereocenters. The van der Waals surface area contributed by atoms with Crippen molar-refractivity contribution in [1.82, 2.24) is 4.98 Å². The van der Waals surface area contributed by atoms with Gasteiger partial charge in [-0.2, -0.15) is 0 Å². The maximum atomic E-state index is 13.0. The molecule has 0 bridgehead atoms. The van der Waals surface area contributed by atoms with Gasteiger partial charge in [-0.05, 0) is 25.1 Å². The molecule has 1 aromatic heterocycles. The van der Waals surface area contributed by atoms with Crippen LogP contribution in [0.4, 0.5) is 4.39 Å². The first-order valence-electron chi connectivity index (χ1n) is 5.98. The Kier molecular flexibility index (Phi) is 4.30. The minimum atomic E-state index is -0.434. The fourth-order valence-corrected chi connectivity index (χ4v) is 1.61. The summed E-state index contributed by atoms with van der Waals surface area (Å²) >= 11 is 0. The average molecular weight is 262 g/mol. The molecule has 0 saturated heterocycles. The summed E-state index contributed by atoms with van der Waals surface area (Å²) in [5.74, 6) is 1.14. The monoisotopic (exact) mass is 262 g/mol. The van der Waals surface area contributed by atoms with Gasteiger partial charge in [0.15, 0.2) is 0 Å². The zero-order valence-corrected chi connectivity index (χ0v) is 10.6. The van der Waals surface area contributed by atoms with Gasteiger partial charge in [0.25, 0.3) is 0 Å². The molecule has 0 aliphatic rings. The first-order chi connectivity index (χ1) is 9.22. The van der Waals surface area contributed by atoms with E-state index in [1.807, 2.05) is 19.1 Å². The van der Waals surface area contributed by atoms with Crippen LogP contribution in [0.5, 0.6) is 17.4 Å². The summed E-state index contributed by atoms with van der Waals surface area (Å²) in [6.07, 6.45) is 1.10. The third kappa shape index (κ3) is 3.42. The third-order valence-electron chi connectivity index (χ3n) is 2.44. The lowest BCUT2D eigenvalue weighted by Gasteiger charge is -2.10. The Hall–Kier alpha value is -2.14. The molecule has 0 unspecified atom stereocenters. The van der Waals surface area contributed by atoms with Crippen LogP contribution in [0.15, 0.2) is 36.5 Å². The Morgan fingerprint density at radius 2 is 2.05 bits per heavy atom. The number of ether oxygens (including phenoxy) is 2. The van der Waals surface area contributed by atoms with Gasteiger partial charge >= 0.3 is 0 Å². The number of hydrogen-bond acceptors (Lipinski definition) is 4. The summed E-state index contributed by atoms with van der Waals surface area (Å²) in [6.45, 7) is 2.64. The quantitative estimate of drug-likeness (QED) is 0.900. The molecular formula is C14H15FN2O2. The molecule has 4 nitrogen and oxygen atoms in total. The van der Waals surface area contributed by atoms with Crippen molar-refractivity contribution in [2.75, 3.05) is 6.61 Å². The van der Waals surface area contributed by atoms with Crippen molar-refractivity contribution >= 4 is 0 Å². The van der Waals surface area contributed by atoms with Crippen molar-refractivity contribution < 1.29 is 13.9 Å². The van der Waals surface area contributed by atoms with E-state index in [0.717, 1.165) is 6.20 Å². The molecule has 2 aromatic rings. The second kappa shape index (κ2) is 6.15. The SMILES string of the molecule is CCOc1cccc(Oc2ncc(F)cc2CN)c1. The predicted molar refractivity (Wildman–Crippen MR) is 69.8 cm³/mol. The fraction of sp³-hybridized carbons (Fsp3) is 0.214. The lowest BCUT2D eigenvalue weighted by molar-refractivity contribution is 0.337. The van der Waals surface area contributed by atoms with E-state index in [1.165, 1.54) is 6.07 Å². The molecule has 5 heteroatoms. The fourth-order valence-electron chi connectivity index (χ4n) is 1.61. The van der Waals surface area contributed by atoms with Gasteiger partial charge in [-0.1, -0.05) is 6.07 Å². The zero-order valence-electron chi connectivity index (χ0n) is 10.6.